The van der Waals surface area contributed by atoms with E-state index in [-0.39, 0.29) is 23.6 Å². The third kappa shape index (κ3) is 4.68. The largest absolute Gasteiger partial charge is 0.465 e. The molecule has 0 atom stereocenters. The molecule has 3 aromatic rings. The molecule has 1 amide bonds. The fourth-order valence-electron chi connectivity index (χ4n) is 2.91. The first kappa shape index (κ1) is 21.9. The molecule has 0 aliphatic rings. The summed E-state index contributed by atoms with van der Waals surface area (Å²) in [6.45, 7) is 5.86. The second-order valence-corrected chi connectivity index (χ2v) is 9.92. The number of thiazole rings is 1. The van der Waals surface area contributed by atoms with Crippen molar-refractivity contribution in [2.24, 2.45) is 4.99 Å². The van der Waals surface area contributed by atoms with Crippen LogP contribution < -0.4 is 4.80 Å². The van der Waals surface area contributed by atoms with E-state index in [1.807, 2.05) is 26.0 Å². The van der Waals surface area contributed by atoms with Crippen molar-refractivity contribution in [3.8, 4) is 0 Å². The first-order valence-corrected chi connectivity index (χ1v) is 12.0. The molecule has 3 rings (SSSR count). The first-order chi connectivity index (χ1) is 14.1. The van der Waals surface area contributed by atoms with Gasteiger partial charge in [-0.15, -0.1) is 0 Å². The predicted molar refractivity (Wildman–Crippen MR) is 115 cm³/mol. The number of sulfone groups is 1. The van der Waals surface area contributed by atoms with Crippen molar-refractivity contribution in [2.45, 2.75) is 32.2 Å². The van der Waals surface area contributed by atoms with E-state index in [4.69, 9.17) is 4.74 Å². The van der Waals surface area contributed by atoms with Gasteiger partial charge in [0.1, 0.15) is 6.54 Å². The number of carbonyl (C=O) groups is 2. The van der Waals surface area contributed by atoms with Crippen LogP contribution in [0.5, 0.6) is 0 Å². The minimum Gasteiger partial charge on any atom is -0.465 e. The third-order valence-electron chi connectivity index (χ3n) is 4.60. The summed E-state index contributed by atoms with van der Waals surface area (Å²) in [7, 11) is -3.45. The van der Waals surface area contributed by atoms with Gasteiger partial charge < -0.3 is 9.30 Å². The second-order valence-electron chi connectivity index (χ2n) is 6.90. The molecule has 9 heteroatoms. The number of hydrogen-bond acceptors (Lipinski definition) is 6. The third-order valence-corrected chi connectivity index (χ3v) is 6.75. The Kier molecular flexibility index (Phi) is 6.23. The van der Waals surface area contributed by atoms with Crippen LogP contribution in [-0.4, -0.2) is 37.7 Å². The number of amides is 1. The molecular weight excluding hydrogens is 424 g/mol. The number of fused-ring (bicyclic) bond motifs is 1. The molecule has 0 bridgehead atoms. The molecule has 0 aliphatic carbocycles. The molecule has 158 valence electrons. The summed E-state index contributed by atoms with van der Waals surface area (Å²) in [5.41, 5.74) is 3.08. The Morgan fingerprint density at radius 1 is 1.13 bits per heavy atom. The fraction of sp³-hybridized carbons (Fsp3) is 0.286. The number of aromatic nitrogens is 1. The van der Waals surface area contributed by atoms with Crippen LogP contribution in [0.2, 0.25) is 0 Å². The van der Waals surface area contributed by atoms with Gasteiger partial charge in [0.15, 0.2) is 14.6 Å². The number of rotatable bonds is 5. The van der Waals surface area contributed by atoms with E-state index in [1.165, 1.54) is 35.6 Å². The van der Waals surface area contributed by atoms with E-state index in [2.05, 4.69) is 4.99 Å². The number of aryl methyl sites for hydroxylation is 2. The van der Waals surface area contributed by atoms with Gasteiger partial charge in [0.2, 0.25) is 0 Å². The average molecular weight is 447 g/mol. The standard InChI is InChI=1S/C21H22N2O5S2/c1-5-28-19(24)12-23-17-9-13(2)14(3)10-18(17)29-21(23)22-20(25)15-7-6-8-16(11-15)30(4,26)27/h6-11H,5,12H2,1-4H3. The van der Waals surface area contributed by atoms with Crippen molar-refractivity contribution in [1.29, 1.82) is 0 Å². The lowest BCUT2D eigenvalue weighted by Crippen LogP contribution is -2.23. The fourth-order valence-corrected chi connectivity index (χ4v) is 4.68. The molecule has 0 N–H and O–H groups in total. The summed E-state index contributed by atoms with van der Waals surface area (Å²) in [6.07, 6.45) is 1.08. The van der Waals surface area contributed by atoms with Gasteiger partial charge in [-0.05, 0) is 62.2 Å². The van der Waals surface area contributed by atoms with E-state index in [0.29, 0.717) is 4.80 Å². The van der Waals surface area contributed by atoms with Gasteiger partial charge in [0.05, 0.1) is 21.7 Å². The highest BCUT2D eigenvalue weighted by atomic mass is 32.2. The summed E-state index contributed by atoms with van der Waals surface area (Å²) in [6, 6.07) is 9.69. The summed E-state index contributed by atoms with van der Waals surface area (Å²) in [5, 5.41) is 0. The molecule has 0 spiro atoms. The Hall–Kier alpha value is -2.78. The van der Waals surface area contributed by atoms with Gasteiger partial charge in [0, 0.05) is 11.8 Å². The molecule has 0 saturated heterocycles. The topological polar surface area (TPSA) is 94.8 Å². The van der Waals surface area contributed by atoms with Gasteiger partial charge in [0.25, 0.3) is 5.91 Å². The zero-order valence-corrected chi connectivity index (χ0v) is 18.8. The summed E-state index contributed by atoms with van der Waals surface area (Å²) >= 11 is 1.29. The number of ether oxygens (including phenoxy) is 1. The SMILES string of the molecule is CCOC(=O)Cn1c(=NC(=O)c2cccc(S(C)(=O)=O)c2)sc2cc(C)c(C)cc21. The number of nitrogens with zero attached hydrogens (tertiary/aromatic N) is 2. The van der Waals surface area contributed by atoms with Crippen molar-refractivity contribution in [3.05, 3.63) is 57.9 Å². The lowest BCUT2D eigenvalue weighted by molar-refractivity contribution is -0.143. The van der Waals surface area contributed by atoms with Gasteiger partial charge in [-0.2, -0.15) is 4.99 Å². The van der Waals surface area contributed by atoms with Crippen LogP contribution in [0.1, 0.15) is 28.4 Å². The highest BCUT2D eigenvalue weighted by molar-refractivity contribution is 7.90. The molecule has 7 nitrogen and oxygen atoms in total. The molecule has 0 aliphatic heterocycles. The van der Waals surface area contributed by atoms with E-state index in [1.54, 1.807) is 11.5 Å². The van der Waals surface area contributed by atoms with Crippen LogP contribution in [0.4, 0.5) is 0 Å². The Morgan fingerprint density at radius 2 is 1.83 bits per heavy atom. The minimum absolute atomic E-state index is 0.0468. The van der Waals surface area contributed by atoms with E-state index >= 15 is 0 Å². The Labute approximate surface area is 178 Å². The minimum atomic E-state index is -3.45. The van der Waals surface area contributed by atoms with Gasteiger partial charge in [-0.25, -0.2) is 8.42 Å². The van der Waals surface area contributed by atoms with E-state index < -0.39 is 21.7 Å². The van der Waals surface area contributed by atoms with Crippen molar-refractivity contribution < 1.29 is 22.7 Å². The Morgan fingerprint density at radius 3 is 2.50 bits per heavy atom. The summed E-state index contributed by atoms with van der Waals surface area (Å²) < 4.78 is 31.2. The van der Waals surface area contributed by atoms with E-state index in [9.17, 15) is 18.0 Å². The lowest BCUT2D eigenvalue weighted by atomic mass is 10.1. The Bertz CT molecular complexity index is 1320. The quantitative estimate of drug-likeness (QED) is 0.562. The normalized spacial score (nSPS) is 12.3. The first-order valence-electron chi connectivity index (χ1n) is 9.25. The highest BCUT2D eigenvalue weighted by Crippen LogP contribution is 2.22. The smallest absolute Gasteiger partial charge is 0.326 e. The molecule has 0 fully saturated rings. The van der Waals surface area contributed by atoms with Crippen molar-refractivity contribution in [3.63, 3.8) is 0 Å². The maximum Gasteiger partial charge on any atom is 0.326 e. The summed E-state index contributed by atoms with van der Waals surface area (Å²) in [5.74, 6) is -1.01. The number of carbonyl (C=O) groups excluding carboxylic acids is 2. The lowest BCUT2D eigenvalue weighted by Gasteiger charge is -2.06. The van der Waals surface area contributed by atoms with Crippen LogP contribution in [0, 0.1) is 13.8 Å². The molecule has 0 unspecified atom stereocenters. The molecular formula is C21H22N2O5S2. The van der Waals surface area contributed by atoms with Crippen molar-refractivity contribution in [2.75, 3.05) is 12.9 Å². The van der Waals surface area contributed by atoms with Gasteiger partial charge >= 0.3 is 5.97 Å². The highest BCUT2D eigenvalue weighted by Gasteiger charge is 2.15. The summed E-state index contributed by atoms with van der Waals surface area (Å²) in [4.78, 5) is 29.5. The molecule has 30 heavy (non-hydrogen) atoms. The van der Waals surface area contributed by atoms with E-state index in [0.717, 1.165) is 27.6 Å². The van der Waals surface area contributed by atoms with Gasteiger partial charge in [-0.3, -0.25) is 9.59 Å². The molecule has 1 heterocycles. The molecule has 2 aromatic carbocycles. The van der Waals surface area contributed by atoms with Crippen LogP contribution in [-0.2, 0) is 25.9 Å². The zero-order valence-electron chi connectivity index (χ0n) is 17.1. The molecule has 0 saturated carbocycles. The van der Waals surface area contributed by atoms with Crippen LogP contribution in [0.25, 0.3) is 10.2 Å². The van der Waals surface area contributed by atoms with Crippen LogP contribution in [0.3, 0.4) is 0 Å². The predicted octanol–water partition coefficient (Wildman–Crippen LogP) is 3.03. The van der Waals surface area contributed by atoms with Crippen molar-refractivity contribution in [1.82, 2.24) is 4.57 Å². The Balaban J connectivity index is 2.15. The van der Waals surface area contributed by atoms with Crippen molar-refractivity contribution >= 4 is 43.3 Å². The maximum absolute atomic E-state index is 12.8. The van der Waals surface area contributed by atoms with Gasteiger partial charge in [-0.1, -0.05) is 17.4 Å². The van der Waals surface area contributed by atoms with Crippen LogP contribution in [0.15, 0.2) is 46.3 Å². The second kappa shape index (κ2) is 8.53. The maximum atomic E-state index is 12.8. The number of esters is 1. The van der Waals surface area contributed by atoms with Crippen LogP contribution >= 0.6 is 11.3 Å². The monoisotopic (exact) mass is 446 g/mol. The zero-order chi connectivity index (χ0) is 22.1. The number of benzene rings is 2. The molecule has 0 radical (unpaired) electrons. The molecule has 1 aromatic heterocycles. The number of hydrogen-bond donors (Lipinski definition) is 0. The average Bonchev–Trinajstić information content (AvgIpc) is 2.98.